The summed E-state index contributed by atoms with van der Waals surface area (Å²) in [6.07, 6.45) is 5.99. The van der Waals surface area contributed by atoms with Crippen molar-refractivity contribution < 1.29 is 14.3 Å². The molecule has 24 heavy (non-hydrogen) atoms. The summed E-state index contributed by atoms with van der Waals surface area (Å²) < 4.78 is 5.81. The number of hydrogen-bond donors (Lipinski definition) is 0. The summed E-state index contributed by atoms with van der Waals surface area (Å²) in [5, 5.41) is 0. The van der Waals surface area contributed by atoms with Gasteiger partial charge in [-0.15, -0.1) is 0 Å². The molecule has 3 rings (SSSR count). The third-order valence-corrected chi connectivity index (χ3v) is 5.45. The van der Waals surface area contributed by atoms with Crippen LogP contribution in [0.25, 0.3) is 6.08 Å². The van der Waals surface area contributed by atoms with Crippen LogP contribution in [-0.4, -0.2) is 29.9 Å². The molecule has 0 spiro atoms. The van der Waals surface area contributed by atoms with Crippen LogP contribution in [0.1, 0.15) is 38.2 Å². The van der Waals surface area contributed by atoms with Gasteiger partial charge in [-0.2, -0.15) is 0 Å². The van der Waals surface area contributed by atoms with Crippen molar-refractivity contribution in [2.45, 2.75) is 38.6 Å². The molecule has 0 N–H and O–H groups in total. The number of benzene rings is 1. The predicted molar refractivity (Wildman–Crippen MR) is 95.9 cm³/mol. The van der Waals surface area contributed by atoms with Crippen LogP contribution in [0.5, 0.6) is 0 Å². The average molecular weight is 390 g/mol. The summed E-state index contributed by atoms with van der Waals surface area (Å²) >= 11 is 3.49. The van der Waals surface area contributed by atoms with Crippen molar-refractivity contribution in [3.63, 3.8) is 0 Å². The van der Waals surface area contributed by atoms with Crippen molar-refractivity contribution in [3.05, 3.63) is 51.1 Å². The molecule has 0 radical (unpaired) electrons. The second kappa shape index (κ2) is 6.93. The minimum absolute atomic E-state index is 0.101. The second-order valence-electron chi connectivity index (χ2n) is 6.14. The molecule has 0 aromatic heterocycles. The van der Waals surface area contributed by atoms with E-state index in [9.17, 15) is 9.59 Å². The van der Waals surface area contributed by atoms with Gasteiger partial charge in [0, 0.05) is 16.2 Å². The lowest BCUT2D eigenvalue weighted by atomic mass is 10.0. The monoisotopic (exact) mass is 389 g/mol. The summed E-state index contributed by atoms with van der Waals surface area (Å²) in [5.41, 5.74) is 2.36. The van der Waals surface area contributed by atoms with E-state index in [0.29, 0.717) is 16.8 Å². The maximum Gasteiger partial charge on any atom is 0.340 e. The molecular formula is C19H20BrNO3. The van der Waals surface area contributed by atoms with E-state index in [1.54, 1.807) is 11.0 Å². The van der Waals surface area contributed by atoms with Gasteiger partial charge in [0.1, 0.15) is 0 Å². The molecular weight excluding hydrogens is 370 g/mol. The molecule has 0 atom stereocenters. The molecule has 1 saturated carbocycles. The van der Waals surface area contributed by atoms with Crippen LogP contribution in [0.3, 0.4) is 0 Å². The SMILES string of the molecule is COC(=O)C1=C(C)N(C2CCCC2)C(=O)/C1=C\c1ccccc1Br. The number of hydrogen-bond acceptors (Lipinski definition) is 3. The maximum atomic E-state index is 13.0. The summed E-state index contributed by atoms with van der Waals surface area (Å²) in [6, 6.07) is 7.82. The van der Waals surface area contributed by atoms with Crippen molar-refractivity contribution in [1.82, 2.24) is 4.90 Å². The number of methoxy groups -OCH3 is 1. The normalized spacial score (nSPS) is 20.4. The molecule has 1 fully saturated rings. The first-order chi connectivity index (χ1) is 11.5. The highest BCUT2D eigenvalue weighted by Crippen LogP contribution is 2.37. The first kappa shape index (κ1) is 17.0. The fourth-order valence-corrected chi connectivity index (χ4v) is 3.95. The van der Waals surface area contributed by atoms with E-state index in [4.69, 9.17) is 4.74 Å². The Hall–Kier alpha value is -1.88. The molecule has 1 aliphatic carbocycles. The minimum atomic E-state index is -0.459. The first-order valence-corrected chi connectivity index (χ1v) is 8.93. The van der Waals surface area contributed by atoms with Gasteiger partial charge in [0.15, 0.2) is 0 Å². The third-order valence-electron chi connectivity index (χ3n) is 4.73. The molecule has 4 nitrogen and oxygen atoms in total. The van der Waals surface area contributed by atoms with E-state index in [2.05, 4.69) is 15.9 Å². The number of halogens is 1. The van der Waals surface area contributed by atoms with E-state index < -0.39 is 5.97 Å². The third kappa shape index (κ3) is 2.93. The number of ether oxygens (including phenoxy) is 1. The molecule has 0 bridgehead atoms. The average Bonchev–Trinajstić information content (AvgIpc) is 3.16. The largest absolute Gasteiger partial charge is 0.465 e. The fraction of sp³-hybridized carbons (Fsp3) is 0.368. The van der Waals surface area contributed by atoms with Crippen molar-refractivity contribution in [2.24, 2.45) is 0 Å². The maximum absolute atomic E-state index is 13.0. The van der Waals surface area contributed by atoms with E-state index >= 15 is 0 Å². The van der Waals surface area contributed by atoms with E-state index in [1.807, 2.05) is 31.2 Å². The highest BCUT2D eigenvalue weighted by molar-refractivity contribution is 9.10. The Labute approximate surface area is 150 Å². The highest BCUT2D eigenvalue weighted by Gasteiger charge is 2.41. The van der Waals surface area contributed by atoms with Gasteiger partial charge < -0.3 is 9.64 Å². The van der Waals surface area contributed by atoms with Gasteiger partial charge >= 0.3 is 5.97 Å². The van der Waals surface area contributed by atoms with E-state index in [0.717, 1.165) is 35.7 Å². The molecule has 1 aliphatic heterocycles. The Kier molecular flexibility index (Phi) is 4.90. The topological polar surface area (TPSA) is 46.6 Å². The standard InChI is InChI=1S/C19H20BrNO3/c1-12-17(19(23)24-2)15(11-13-7-3-6-10-16(13)20)18(22)21(12)14-8-4-5-9-14/h3,6-7,10-11,14H,4-5,8-9H2,1-2H3/b15-11-. The van der Waals surface area contributed by atoms with E-state index in [1.165, 1.54) is 7.11 Å². The molecule has 1 aromatic carbocycles. The number of nitrogens with zero attached hydrogens (tertiary/aromatic N) is 1. The molecule has 1 amide bonds. The van der Waals surface area contributed by atoms with Gasteiger partial charge in [-0.3, -0.25) is 4.79 Å². The molecule has 0 unspecified atom stereocenters. The van der Waals surface area contributed by atoms with Crippen LogP contribution in [0, 0.1) is 0 Å². The minimum Gasteiger partial charge on any atom is -0.465 e. The zero-order valence-electron chi connectivity index (χ0n) is 13.8. The lowest BCUT2D eigenvalue weighted by Gasteiger charge is -2.25. The summed E-state index contributed by atoms with van der Waals surface area (Å²) in [5.74, 6) is -0.560. The van der Waals surface area contributed by atoms with Crippen LogP contribution in [0.15, 0.2) is 45.6 Å². The molecule has 5 heteroatoms. The number of carbonyl (C=O) groups is 2. The highest BCUT2D eigenvalue weighted by atomic mass is 79.9. The Morgan fingerprint density at radius 2 is 1.96 bits per heavy atom. The Morgan fingerprint density at radius 1 is 1.29 bits per heavy atom. The Balaban J connectivity index is 2.08. The molecule has 2 aliphatic rings. The predicted octanol–water partition coefficient (Wildman–Crippen LogP) is 4.06. The van der Waals surface area contributed by atoms with E-state index in [-0.39, 0.29) is 11.9 Å². The lowest BCUT2D eigenvalue weighted by Crippen LogP contribution is -2.34. The fourth-order valence-electron chi connectivity index (χ4n) is 3.55. The first-order valence-electron chi connectivity index (χ1n) is 8.14. The summed E-state index contributed by atoms with van der Waals surface area (Å²) in [6.45, 7) is 1.84. The zero-order chi connectivity index (χ0) is 17.3. The number of allylic oxidation sites excluding steroid dienone is 1. The van der Waals surface area contributed by atoms with Crippen LogP contribution in [0.4, 0.5) is 0 Å². The van der Waals surface area contributed by atoms with Gasteiger partial charge in [0.2, 0.25) is 0 Å². The Bertz CT molecular complexity index is 745. The van der Waals surface area contributed by atoms with Crippen LogP contribution in [0.2, 0.25) is 0 Å². The smallest absolute Gasteiger partial charge is 0.340 e. The van der Waals surface area contributed by atoms with Crippen molar-refractivity contribution in [3.8, 4) is 0 Å². The number of amides is 1. The molecule has 1 heterocycles. The van der Waals surface area contributed by atoms with Crippen molar-refractivity contribution in [1.29, 1.82) is 0 Å². The van der Waals surface area contributed by atoms with Gasteiger partial charge in [-0.1, -0.05) is 47.0 Å². The number of esters is 1. The Morgan fingerprint density at radius 3 is 2.58 bits per heavy atom. The lowest BCUT2D eigenvalue weighted by molar-refractivity contribution is -0.136. The van der Waals surface area contributed by atoms with Crippen LogP contribution < -0.4 is 0 Å². The number of rotatable bonds is 3. The van der Waals surface area contributed by atoms with Crippen LogP contribution >= 0.6 is 15.9 Å². The van der Waals surface area contributed by atoms with Gasteiger partial charge in [0.25, 0.3) is 5.91 Å². The second-order valence-corrected chi connectivity index (χ2v) is 7.00. The summed E-state index contributed by atoms with van der Waals surface area (Å²) in [7, 11) is 1.35. The quantitative estimate of drug-likeness (QED) is 0.578. The van der Waals surface area contributed by atoms with Crippen molar-refractivity contribution >= 4 is 33.9 Å². The number of carbonyl (C=O) groups excluding carboxylic acids is 2. The molecule has 0 saturated heterocycles. The van der Waals surface area contributed by atoms with Crippen molar-refractivity contribution in [2.75, 3.05) is 7.11 Å². The van der Waals surface area contributed by atoms with Crippen LogP contribution in [-0.2, 0) is 14.3 Å². The summed E-state index contributed by atoms with van der Waals surface area (Å²) in [4.78, 5) is 27.1. The molecule has 126 valence electrons. The van der Waals surface area contributed by atoms with Gasteiger partial charge in [-0.05, 0) is 37.5 Å². The van der Waals surface area contributed by atoms with Gasteiger partial charge in [-0.25, -0.2) is 4.79 Å². The van der Waals surface area contributed by atoms with Gasteiger partial charge in [0.05, 0.1) is 18.3 Å². The molecule has 1 aromatic rings. The zero-order valence-corrected chi connectivity index (χ0v) is 15.4.